The zero-order valence-electron chi connectivity index (χ0n) is 11.3. The molecule has 0 spiro atoms. The minimum atomic E-state index is 0.196. The molecule has 0 aliphatic heterocycles. The third-order valence-corrected chi connectivity index (χ3v) is 3.20. The van der Waals surface area contributed by atoms with Crippen LogP contribution in [-0.4, -0.2) is 16.7 Å². The molecule has 0 aliphatic carbocycles. The molecular weight excluding hydrogens is 244 g/mol. The molecule has 0 unspecified atom stereocenters. The van der Waals surface area contributed by atoms with Crippen LogP contribution in [0.3, 0.4) is 0 Å². The van der Waals surface area contributed by atoms with Gasteiger partial charge in [-0.1, -0.05) is 17.7 Å². The minimum absolute atomic E-state index is 0.196. The van der Waals surface area contributed by atoms with E-state index in [9.17, 15) is 0 Å². The maximum Gasteiger partial charge on any atom is 0.0495 e. The van der Waals surface area contributed by atoms with Crippen molar-refractivity contribution in [2.24, 2.45) is 0 Å². The molecule has 98 valence electrons. The average Bonchev–Trinajstić information content (AvgIpc) is 2.66. The van der Waals surface area contributed by atoms with Crippen LogP contribution in [0.4, 0.5) is 0 Å². The second-order valence-corrected chi connectivity index (χ2v) is 6.18. The summed E-state index contributed by atoms with van der Waals surface area (Å²) in [4.78, 5) is 0. The van der Waals surface area contributed by atoms with Crippen LogP contribution < -0.4 is 5.32 Å². The van der Waals surface area contributed by atoms with Gasteiger partial charge in [-0.25, -0.2) is 0 Å². The molecular formula is C15H21ClN2. The second kappa shape index (κ2) is 5.33. The van der Waals surface area contributed by atoms with Crippen molar-refractivity contribution in [1.29, 1.82) is 0 Å². The molecule has 0 aliphatic rings. The van der Waals surface area contributed by atoms with E-state index in [1.165, 1.54) is 10.9 Å². The molecule has 0 saturated heterocycles. The van der Waals surface area contributed by atoms with Crippen molar-refractivity contribution in [3.8, 4) is 0 Å². The number of nitrogens with one attached hydrogen (secondary N) is 1. The summed E-state index contributed by atoms with van der Waals surface area (Å²) in [5, 5.41) is 5.56. The maximum absolute atomic E-state index is 6.04. The summed E-state index contributed by atoms with van der Waals surface area (Å²) >= 11 is 6.04. The Labute approximate surface area is 114 Å². The van der Waals surface area contributed by atoms with Crippen molar-refractivity contribution >= 4 is 22.5 Å². The van der Waals surface area contributed by atoms with Gasteiger partial charge >= 0.3 is 0 Å². The average molecular weight is 265 g/mol. The molecule has 2 rings (SSSR count). The smallest absolute Gasteiger partial charge is 0.0495 e. The Morgan fingerprint density at radius 1 is 1.22 bits per heavy atom. The standard InChI is InChI=1S/C15H21ClN2/c1-15(2,3)17-8-4-9-18-10-7-12-5-6-13(16)11-14(12)18/h5-7,10-11,17H,4,8-9H2,1-3H3. The van der Waals surface area contributed by atoms with Crippen LogP contribution in [0.15, 0.2) is 30.5 Å². The first-order valence-electron chi connectivity index (χ1n) is 6.45. The van der Waals surface area contributed by atoms with E-state index >= 15 is 0 Å². The summed E-state index contributed by atoms with van der Waals surface area (Å²) in [5.41, 5.74) is 1.42. The number of aryl methyl sites for hydroxylation is 1. The number of halogens is 1. The Morgan fingerprint density at radius 2 is 2.00 bits per heavy atom. The zero-order valence-corrected chi connectivity index (χ0v) is 12.1. The highest BCUT2D eigenvalue weighted by Gasteiger charge is 2.07. The molecule has 18 heavy (non-hydrogen) atoms. The number of benzene rings is 1. The Bertz CT molecular complexity index is 523. The van der Waals surface area contributed by atoms with Gasteiger partial charge in [0, 0.05) is 28.8 Å². The molecule has 1 aromatic heterocycles. The Balaban J connectivity index is 1.98. The van der Waals surface area contributed by atoms with Crippen molar-refractivity contribution < 1.29 is 0 Å². The molecule has 0 fully saturated rings. The first-order valence-corrected chi connectivity index (χ1v) is 6.83. The van der Waals surface area contributed by atoms with E-state index in [0.717, 1.165) is 24.5 Å². The first-order chi connectivity index (χ1) is 8.46. The SMILES string of the molecule is CC(C)(C)NCCCn1ccc2ccc(Cl)cc21. The molecule has 0 saturated carbocycles. The summed E-state index contributed by atoms with van der Waals surface area (Å²) in [5.74, 6) is 0. The molecule has 3 heteroatoms. The van der Waals surface area contributed by atoms with E-state index in [2.05, 4.69) is 49.0 Å². The van der Waals surface area contributed by atoms with Crippen LogP contribution >= 0.6 is 11.6 Å². The molecule has 1 aromatic carbocycles. The normalized spacial score (nSPS) is 12.2. The zero-order chi connectivity index (χ0) is 13.2. The maximum atomic E-state index is 6.04. The monoisotopic (exact) mass is 264 g/mol. The lowest BCUT2D eigenvalue weighted by Crippen LogP contribution is -2.36. The highest BCUT2D eigenvalue weighted by molar-refractivity contribution is 6.31. The molecule has 2 aromatic rings. The fourth-order valence-corrected chi connectivity index (χ4v) is 2.23. The van der Waals surface area contributed by atoms with Crippen LogP contribution in [0.25, 0.3) is 10.9 Å². The van der Waals surface area contributed by atoms with Crippen molar-refractivity contribution in [1.82, 2.24) is 9.88 Å². The van der Waals surface area contributed by atoms with Crippen molar-refractivity contribution in [3.63, 3.8) is 0 Å². The van der Waals surface area contributed by atoms with Crippen LogP contribution in [0.1, 0.15) is 27.2 Å². The highest BCUT2D eigenvalue weighted by atomic mass is 35.5. The fourth-order valence-electron chi connectivity index (χ4n) is 2.06. The molecule has 0 radical (unpaired) electrons. The van der Waals surface area contributed by atoms with Crippen LogP contribution in [0.2, 0.25) is 5.02 Å². The summed E-state index contributed by atoms with van der Waals surface area (Å²) in [6.45, 7) is 8.63. The van der Waals surface area contributed by atoms with E-state index in [0.29, 0.717) is 0 Å². The number of aromatic nitrogens is 1. The van der Waals surface area contributed by atoms with Gasteiger partial charge in [-0.05, 0) is 57.3 Å². The third kappa shape index (κ3) is 3.50. The van der Waals surface area contributed by atoms with Gasteiger partial charge in [0.2, 0.25) is 0 Å². The van der Waals surface area contributed by atoms with Crippen LogP contribution in [0.5, 0.6) is 0 Å². The quantitative estimate of drug-likeness (QED) is 0.824. The van der Waals surface area contributed by atoms with Gasteiger partial charge in [-0.3, -0.25) is 0 Å². The number of hydrogen-bond donors (Lipinski definition) is 1. The van der Waals surface area contributed by atoms with Crippen molar-refractivity contribution in [2.45, 2.75) is 39.3 Å². The van der Waals surface area contributed by atoms with Gasteiger partial charge in [0.25, 0.3) is 0 Å². The van der Waals surface area contributed by atoms with Crippen LogP contribution in [0, 0.1) is 0 Å². The number of hydrogen-bond acceptors (Lipinski definition) is 1. The fraction of sp³-hybridized carbons (Fsp3) is 0.467. The molecule has 1 heterocycles. The summed E-state index contributed by atoms with van der Waals surface area (Å²) in [7, 11) is 0. The van der Waals surface area contributed by atoms with Gasteiger partial charge in [0.15, 0.2) is 0 Å². The molecule has 1 N–H and O–H groups in total. The van der Waals surface area contributed by atoms with E-state index < -0.39 is 0 Å². The minimum Gasteiger partial charge on any atom is -0.347 e. The predicted molar refractivity (Wildman–Crippen MR) is 79.3 cm³/mol. The first kappa shape index (κ1) is 13.4. The van der Waals surface area contributed by atoms with Crippen LogP contribution in [-0.2, 0) is 6.54 Å². The summed E-state index contributed by atoms with van der Waals surface area (Å²) in [6, 6.07) is 8.19. The molecule has 0 amide bonds. The predicted octanol–water partition coefficient (Wildman–Crippen LogP) is 4.07. The Morgan fingerprint density at radius 3 is 2.72 bits per heavy atom. The van der Waals surface area contributed by atoms with Gasteiger partial charge in [0.05, 0.1) is 0 Å². The third-order valence-electron chi connectivity index (χ3n) is 2.97. The second-order valence-electron chi connectivity index (χ2n) is 5.74. The largest absolute Gasteiger partial charge is 0.347 e. The lowest BCUT2D eigenvalue weighted by atomic mass is 10.1. The lowest BCUT2D eigenvalue weighted by molar-refractivity contribution is 0.414. The van der Waals surface area contributed by atoms with Gasteiger partial charge < -0.3 is 9.88 Å². The Kier molecular flexibility index (Phi) is 3.98. The van der Waals surface area contributed by atoms with Crippen molar-refractivity contribution in [2.75, 3.05) is 6.54 Å². The van der Waals surface area contributed by atoms with E-state index in [-0.39, 0.29) is 5.54 Å². The Hall–Kier alpha value is -0.990. The molecule has 0 bridgehead atoms. The van der Waals surface area contributed by atoms with Gasteiger partial charge in [0.1, 0.15) is 0 Å². The molecule has 2 nitrogen and oxygen atoms in total. The number of rotatable bonds is 4. The number of nitrogens with zero attached hydrogens (tertiary/aromatic N) is 1. The van der Waals surface area contributed by atoms with Gasteiger partial charge in [-0.2, -0.15) is 0 Å². The molecule has 0 atom stereocenters. The van der Waals surface area contributed by atoms with E-state index in [4.69, 9.17) is 11.6 Å². The summed E-state index contributed by atoms with van der Waals surface area (Å²) < 4.78 is 2.27. The number of fused-ring (bicyclic) bond motifs is 1. The van der Waals surface area contributed by atoms with E-state index in [1.54, 1.807) is 0 Å². The highest BCUT2D eigenvalue weighted by Crippen LogP contribution is 2.20. The van der Waals surface area contributed by atoms with Crippen molar-refractivity contribution in [3.05, 3.63) is 35.5 Å². The van der Waals surface area contributed by atoms with E-state index in [1.807, 2.05) is 12.1 Å². The van der Waals surface area contributed by atoms with Gasteiger partial charge in [-0.15, -0.1) is 0 Å². The summed E-state index contributed by atoms with van der Waals surface area (Å²) in [6.07, 6.45) is 3.26. The lowest BCUT2D eigenvalue weighted by Gasteiger charge is -2.20. The topological polar surface area (TPSA) is 17.0 Å².